The fraction of sp³-hybridized carbons (Fsp3) is 0.938. The quantitative estimate of drug-likeness (QED) is 0.831. The minimum absolute atomic E-state index is 0.275. The van der Waals surface area contributed by atoms with E-state index in [0.29, 0.717) is 11.8 Å². The van der Waals surface area contributed by atoms with Crippen molar-refractivity contribution < 1.29 is 4.79 Å². The van der Waals surface area contributed by atoms with Gasteiger partial charge in [-0.2, -0.15) is 0 Å². The maximum absolute atomic E-state index is 12.6. The summed E-state index contributed by atoms with van der Waals surface area (Å²) in [6.07, 6.45) is 9.77. The molecule has 3 nitrogen and oxygen atoms in total. The first-order valence-corrected chi connectivity index (χ1v) is 8.23. The lowest BCUT2D eigenvalue weighted by molar-refractivity contribution is -0.137. The van der Waals surface area contributed by atoms with Gasteiger partial charge in [0.15, 0.2) is 0 Å². The first-order chi connectivity index (χ1) is 9.24. The maximum atomic E-state index is 12.6. The van der Waals surface area contributed by atoms with Crippen molar-refractivity contribution in [2.45, 2.75) is 58.3 Å². The molecule has 2 rings (SSSR count). The second kappa shape index (κ2) is 7.28. The number of rotatable bonds is 5. The zero-order valence-electron chi connectivity index (χ0n) is 12.4. The van der Waals surface area contributed by atoms with Gasteiger partial charge in [0.05, 0.1) is 0 Å². The van der Waals surface area contributed by atoms with Gasteiger partial charge in [-0.05, 0) is 44.1 Å². The molecule has 0 bridgehead atoms. The van der Waals surface area contributed by atoms with Crippen LogP contribution in [0.5, 0.6) is 0 Å². The molecule has 0 aromatic carbocycles. The van der Waals surface area contributed by atoms with Crippen LogP contribution in [0.15, 0.2) is 0 Å². The van der Waals surface area contributed by atoms with Crippen molar-refractivity contribution in [1.29, 1.82) is 0 Å². The SMILES string of the molecule is CCC(CC1CCCC1)C(=O)N1CCC(CN)CC1. The highest BCUT2D eigenvalue weighted by atomic mass is 16.2. The van der Waals surface area contributed by atoms with Gasteiger partial charge in [-0.15, -0.1) is 0 Å². The molecule has 2 fully saturated rings. The van der Waals surface area contributed by atoms with E-state index in [1.807, 2.05) is 0 Å². The molecule has 2 N–H and O–H groups in total. The van der Waals surface area contributed by atoms with Crippen LogP contribution in [0.25, 0.3) is 0 Å². The van der Waals surface area contributed by atoms with E-state index < -0.39 is 0 Å². The summed E-state index contributed by atoms with van der Waals surface area (Å²) in [5, 5.41) is 0. The van der Waals surface area contributed by atoms with Crippen LogP contribution in [0.2, 0.25) is 0 Å². The van der Waals surface area contributed by atoms with Gasteiger partial charge in [0, 0.05) is 19.0 Å². The molecule has 0 aromatic heterocycles. The predicted molar refractivity (Wildman–Crippen MR) is 78.7 cm³/mol. The van der Waals surface area contributed by atoms with Crippen LogP contribution in [0.4, 0.5) is 0 Å². The highest BCUT2D eigenvalue weighted by Gasteiger charge is 2.29. The van der Waals surface area contributed by atoms with E-state index in [1.54, 1.807) is 0 Å². The second-order valence-corrected chi connectivity index (χ2v) is 6.50. The Bertz CT molecular complexity index is 278. The molecule has 1 aliphatic carbocycles. The summed E-state index contributed by atoms with van der Waals surface area (Å²) in [5.41, 5.74) is 5.72. The molecular formula is C16H30N2O. The smallest absolute Gasteiger partial charge is 0.225 e. The summed E-state index contributed by atoms with van der Waals surface area (Å²) in [6.45, 7) is 4.81. The Labute approximate surface area is 117 Å². The molecule has 19 heavy (non-hydrogen) atoms. The number of carbonyl (C=O) groups is 1. The number of piperidine rings is 1. The molecule has 1 heterocycles. The van der Waals surface area contributed by atoms with Crippen LogP contribution in [-0.2, 0) is 4.79 Å². The number of hydrogen-bond acceptors (Lipinski definition) is 2. The zero-order valence-corrected chi connectivity index (χ0v) is 12.4. The Morgan fingerprint density at radius 1 is 1.16 bits per heavy atom. The van der Waals surface area contributed by atoms with Crippen molar-refractivity contribution in [1.82, 2.24) is 4.90 Å². The number of nitrogens with zero attached hydrogens (tertiary/aromatic N) is 1. The average Bonchev–Trinajstić information content (AvgIpc) is 2.97. The summed E-state index contributed by atoms with van der Waals surface area (Å²) >= 11 is 0. The minimum atomic E-state index is 0.275. The largest absolute Gasteiger partial charge is 0.342 e. The normalized spacial score (nSPS) is 23.8. The van der Waals surface area contributed by atoms with Crippen molar-refractivity contribution in [3.63, 3.8) is 0 Å². The maximum Gasteiger partial charge on any atom is 0.225 e. The Kier molecular flexibility index (Phi) is 5.68. The number of hydrogen-bond donors (Lipinski definition) is 1. The van der Waals surface area contributed by atoms with Crippen LogP contribution < -0.4 is 5.73 Å². The van der Waals surface area contributed by atoms with Gasteiger partial charge in [0.1, 0.15) is 0 Å². The van der Waals surface area contributed by atoms with E-state index in [9.17, 15) is 4.79 Å². The molecule has 0 spiro atoms. The summed E-state index contributed by atoms with van der Waals surface area (Å²) in [5.74, 6) is 2.15. The molecule has 1 aliphatic heterocycles. The van der Waals surface area contributed by atoms with Gasteiger partial charge in [0.25, 0.3) is 0 Å². The van der Waals surface area contributed by atoms with E-state index in [2.05, 4.69) is 11.8 Å². The van der Waals surface area contributed by atoms with E-state index in [-0.39, 0.29) is 5.92 Å². The molecule has 1 saturated heterocycles. The average molecular weight is 266 g/mol. The van der Waals surface area contributed by atoms with E-state index in [4.69, 9.17) is 5.73 Å². The molecular weight excluding hydrogens is 236 g/mol. The van der Waals surface area contributed by atoms with E-state index in [1.165, 1.54) is 25.7 Å². The van der Waals surface area contributed by atoms with Crippen molar-refractivity contribution in [2.75, 3.05) is 19.6 Å². The first-order valence-electron chi connectivity index (χ1n) is 8.23. The van der Waals surface area contributed by atoms with E-state index >= 15 is 0 Å². The first kappa shape index (κ1) is 14.8. The zero-order chi connectivity index (χ0) is 13.7. The number of amides is 1. The number of nitrogens with two attached hydrogens (primary N) is 1. The lowest BCUT2D eigenvalue weighted by atomic mass is 9.89. The summed E-state index contributed by atoms with van der Waals surface area (Å²) < 4.78 is 0. The van der Waals surface area contributed by atoms with Crippen molar-refractivity contribution >= 4 is 5.91 Å². The highest BCUT2D eigenvalue weighted by molar-refractivity contribution is 5.78. The Hall–Kier alpha value is -0.570. The van der Waals surface area contributed by atoms with Crippen LogP contribution in [-0.4, -0.2) is 30.4 Å². The van der Waals surface area contributed by atoms with Crippen molar-refractivity contribution in [3.8, 4) is 0 Å². The van der Waals surface area contributed by atoms with Gasteiger partial charge >= 0.3 is 0 Å². The molecule has 0 aromatic rings. The van der Waals surface area contributed by atoms with Crippen molar-refractivity contribution in [2.24, 2.45) is 23.5 Å². The van der Waals surface area contributed by atoms with Crippen LogP contribution in [0, 0.1) is 17.8 Å². The Morgan fingerprint density at radius 2 is 1.79 bits per heavy atom. The second-order valence-electron chi connectivity index (χ2n) is 6.50. The standard InChI is InChI=1S/C16H30N2O/c1-2-15(11-13-5-3-4-6-13)16(19)18-9-7-14(12-17)8-10-18/h13-15H,2-12,17H2,1H3. The lowest BCUT2D eigenvalue weighted by Crippen LogP contribution is -2.43. The van der Waals surface area contributed by atoms with Gasteiger partial charge in [-0.25, -0.2) is 0 Å². The van der Waals surface area contributed by atoms with Crippen LogP contribution >= 0.6 is 0 Å². The summed E-state index contributed by atoms with van der Waals surface area (Å²) in [4.78, 5) is 14.7. The van der Waals surface area contributed by atoms with Crippen molar-refractivity contribution in [3.05, 3.63) is 0 Å². The molecule has 0 radical (unpaired) electrons. The predicted octanol–water partition coefficient (Wildman–Crippen LogP) is 2.79. The number of likely N-dealkylation sites (tertiary alicyclic amines) is 1. The van der Waals surface area contributed by atoms with Gasteiger partial charge in [-0.3, -0.25) is 4.79 Å². The van der Waals surface area contributed by atoms with Gasteiger partial charge in [-0.1, -0.05) is 32.6 Å². The summed E-state index contributed by atoms with van der Waals surface area (Å²) in [6, 6.07) is 0. The third kappa shape index (κ3) is 3.95. The van der Waals surface area contributed by atoms with Crippen LogP contribution in [0.1, 0.15) is 58.3 Å². The molecule has 1 atom stereocenters. The van der Waals surface area contributed by atoms with Crippen LogP contribution in [0.3, 0.4) is 0 Å². The molecule has 1 saturated carbocycles. The monoisotopic (exact) mass is 266 g/mol. The molecule has 110 valence electrons. The third-order valence-corrected chi connectivity index (χ3v) is 5.19. The minimum Gasteiger partial charge on any atom is -0.342 e. The fourth-order valence-electron chi connectivity index (χ4n) is 3.74. The molecule has 3 heteroatoms. The number of carbonyl (C=O) groups excluding carboxylic acids is 1. The van der Waals surface area contributed by atoms with Gasteiger partial charge < -0.3 is 10.6 Å². The fourth-order valence-corrected chi connectivity index (χ4v) is 3.74. The Morgan fingerprint density at radius 3 is 2.32 bits per heavy atom. The molecule has 1 amide bonds. The molecule has 1 unspecified atom stereocenters. The summed E-state index contributed by atoms with van der Waals surface area (Å²) in [7, 11) is 0. The molecule has 2 aliphatic rings. The highest BCUT2D eigenvalue weighted by Crippen LogP contribution is 2.32. The van der Waals surface area contributed by atoms with E-state index in [0.717, 1.165) is 51.2 Å². The lowest BCUT2D eigenvalue weighted by Gasteiger charge is -2.34. The van der Waals surface area contributed by atoms with Gasteiger partial charge in [0.2, 0.25) is 5.91 Å². The third-order valence-electron chi connectivity index (χ3n) is 5.19. The Balaban J connectivity index is 1.82. The topological polar surface area (TPSA) is 46.3 Å².